The van der Waals surface area contributed by atoms with Crippen LogP contribution in [0.5, 0.6) is 11.5 Å². The minimum absolute atomic E-state index is 0.176. The molecule has 0 saturated carbocycles. The van der Waals surface area contributed by atoms with Crippen LogP contribution in [0.15, 0.2) is 36.5 Å². The van der Waals surface area contributed by atoms with E-state index in [-0.39, 0.29) is 11.3 Å². The molecule has 2 N–H and O–H groups in total. The van der Waals surface area contributed by atoms with Crippen LogP contribution in [-0.4, -0.2) is 62.5 Å². The second kappa shape index (κ2) is 12.8. The molecule has 4 rings (SSSR count). The number of benzene rings is 1. The van der Waals surface area contributed by atoms with Crippen LogP contribution in [0.4, 0.5) is 13.6 Å². The van der Waals surface area contributed by atoms with E-state index >= 15 is 8.78 Å². The van der Waals surface area contributed by atoms with E-state index in [1.807, 2.05) is 6.92 Å². The van der Waals surface area contributed by atoms with E-state index < -0.39 is 70.4 Å². The van der Waals surface area contributed by atoms with Crippen LogP contribution < -0.4 is 14.8 Å². The number of aromatic nitrogens is 1. The number of imide groups is 2. The summed E-state index contributed by atoms with van der Waals surface area (Å²) < 4.78 is 57.4. The third-order valence-electron chi connectivity index (χ3n) is 6.89. The molecule has 0 radical (unpaired) electrons. The molecule has 222 valence electrons. The van der Waals surface area contributed by atoms with Gasteiger partial charge in [-0.1, -0.05) is 0 Å². The predicted octanol–water partition coefficient (Wildman–Crippen LogP) is 4.02. The number of nitrogens with one attached hydrogen (secondary N) is 2. The maximum Gasteiger partial charge on any atom is 0.331 e. The van der Waals surface area contributed by atoms with Gasteiger partial charge >= 0.3 is 6.03 Å². The fourth-order valence-electron chi connectivity index (χ4n) is 4.59. The van der Waals surface area contributed by atoms with E-state index in [4.69, 9.17) is 9.47 Å². The van der Waals surface area contributed by atoms with Gasteiger partial charge in [-0.2, -0.15) is 0 Å². The van der Waals surface area contributed by atoms with Gasteiger partial charge in [0.1, 0.15) is 40.2 Å². The Morgan fingerprint density at radius 1 is 1.20 bits per heavy atom. The van der Waals surface area contributed by atoms with Crippen LogP contribution in [0.1, 0.15) is 57.3 Å². The highest BCUT2D eigenvalue weighted by Crippen LogP contribution is 2.34. The first kappa shape index (κ1) is 30.8. The summed E-state index contributed by atoms with van der Waals surface area (Å²) in [5, 5.41) is 2.15. The Morgan fingerprint density at radius 3 is 2.51 bits per heavy atom. The number of halogens is 2. The summed E-state index contributed by atoms with van der Waals surface area (Å²) in [7, 11) is 0. The van der Waals surface area contributed by atoms with Crippen LogP contribution >= 0.6 is 0 Å². The Balaban J connectivity index is 1.62. The van der Waals surface area contributed by atoms with Gasteiger partial charge in [0.2, 0.25) is 11.8 Å². The molecule has 10 nitrogen and oxygen atoms in total. The van der Waals surface area contributed by atoms with E-state index in [1.54, 1.807) is 32.9 Å². The number of barbiturate groups is 1. The Kier molecular flexibility index (Phi) is 9.62. The third kappa shape index (κ3) is 7.39. The highest BCUT2D eigenvalue weighted by molar-refractivity contribution is 7.90. The van der Waals surface area contributed by atoms with Crippen molar-refractivity contribution in [2.75, 3.05) is 13.2 Å². The fraction of sp³-hybridized carbons (Fsp3) is 0.500. The van der Waals surface area contributed by atoms with Gasteiger partial charge in [0, 0.05) is 48.3 Å². The summed E-state index contributed by atoms with van der Waals surface area (Å²) in [6, 6.07) is 4.26. The number of pyridine rings is 1. The van der Waals surface area contributed by atoms with E-state index in [9.17, 15) is 18.9 Å². The van der Waals surface area contributed by atoms with Crippen molar-refractivity contribution in [1.29, 1.82) is 0 Å². The Labute approximate surface area is 240 Å². The Morgan fingerprint density at radius 2 is 1.88 bits per heavy atom. The van der Waals surface area contributed by atoms with Gasteiger partial charge < -0.3 is 14.0 Å². The third-order valence-corrected chi connectivity index (χ3v) is 8.47. The average Bonchev–Trinajstić information content (AvgIpc) is 2.92. The summed E-state index contributed by atoms with van der Waals surface area (Å²) in [6.07, 6.45) is -0.468. The smallest absolute Gasteiger partial charge is 0.331 e. The highest BCUT2D eigenvalue weighted by Gasteiger charge is 2.46. The summed E-state index contributed by atoms with van der Waals surface area (Å²) >= 11 is -1.86. The normalized spacial score (nSPS) is 20.9. The number of urea groups is 1. The quantitative estimate of drug-likeness (QED) is 0.330. The number of amides is 4. The van der Waals surface area contributed by atoms with Gasteiger partial charge in [-0.15, -0.1) is 4.72 Å². The minimum atomic E-state index is -2.06. The van der Waals surface area contributed by atoms with E-state index in [0.29, 0.717) is 31.8 Å². The molecule has 2 aromatic rings. The number of nitrogens with zero attached hydrogens (tertiary/aromatic N) is 2. The van der Waals surface area contributed by atoms with Crippen LogP contribution in [0.2, 0.25) is 0 Å². The molecule has 1 aromatic carbocycles. The second-order valence-corrected chi connectivity index (χ2v) is 13.0. The molecule has 41 heavy (non-hydrogen) atoms. The number of hydrogen-bond donors (Lipinski definition) is 2. The summed E-state index contributed by atoms with van der Waals surface area (Å²) in [5.74, 6) is -3.56. The number of rotatable bonds is 9. The molecule has 0 aliphatic carbocycles. The van der Waals surface area contributed by atoms with Crippen molar-refractivity contribution in [2.24, 2.45) is 5.92 Å². The minimum Gasteiger partial charge on any atom is -0.598 e. The van der Waals surface area contributed by atoms with Crippen molar-refractivity contribution >= 4 is 29.2 Å². The van der Waals surface area contributed by atoms with Gasteiger partial charge in [-0.05, 0) is 70.9 Å². The Bertz CT molecular complexity index is 1270. The fourth-order valence-corrected chi connectivity index (χ4v) is 5.45. The molecular weight excluding hydrogens is 558 g/mol. The first-order valence-electron chi connectivity index (χ1n) is 13.3. The zero-order valence-corrected chi connectivity index (χ0v) is 24.1. The lowest BCUT2D eigenvalue weighted by Gasteiger charge is -2.38. The summed E-state index contributed by atoms with van der Waals surface area (Å²) in [4.78, 5) is 43.7. The number of carbonyl (C=O) groups excluding carboxylic acids is 3. The SMILES string of the molecule is Cc1ccc(Oc2ccc(F)c([C@H](N[S+]([O-])C(C)(C)C)[C@@H](F)C[C@@H]3C(=O)NC(=O)N(C4CCOCC4)C3=O)c2)cn1. The second-order valence-electron chi connectivity index (χ2n) is 11.0. The maximum absolute atomic E-state index is 16.2. The topological polar surface area (TPSA) is 133 Å². The predicted molar refractivity (Wildman–Crippen MR) is 146 cm³/mol. The molecule has 13 heteroatoms. The average molecular weight is 593 g/mol. The zero-order valence-electron chi connectivity index (χ0n) is 23.3. The molecule has 2 fully saturated rings. The molecule has 4 atom stereocenters. The molecule has 1 unspecified atom stereocenters. The maximum atomic E-state index is 16.2. The Hall–Kier alpha value is -3.13. The lowest BCUT2D eigenvalue weighted by atomic mass is 9.91. The van der Waals surface area contributed by atoms with Gasteiger partial charge in [-0.25, -0.2) is 13.6 Å². The standard InChI is InChI=1S/C28H34F2N4O6S/c1-16-5-6-19(15-31-16)40-18-7-8-22(29)20(13-18)24(33-41(38)28(2,3)4)23(30)14-21-25(35)32-27(37)34(26(21)36)17-9-11-39-12-10-17/h5-8,13,15,17,21,23-24,33H,9-12,14H2,1-4H3,(H,32,35,37)/t21-,23+,24+,41?/m1/s1. The van der Waals surface area contributed by atoms with Gasteiger partial charge in [0.15, 0.2) is 0 Å². The highest BCUT2D eigenvalue weighted by atomic mass is 32.2. The number of aryl methyl sites for hydroxylation is 1. The number of alkyl halides is 1. The number of carbonyl (C=O) groups is 3. The largest absolute Gasteiger partial charge is 0.598 e. The molecule has 2 aliphatic heterocycles. The van der Waals surface area contributed by atoms with E-state index in [1.165, 1.54) is 18.3 Å². The molecule has 1 aromatic heterocycles. The van der Waals surface area contributed by atoms with Crippen molar-refractivity contribution in [3.05, 3.63) is 53.6 Å². The van der Waals surface area contributed by atoms with E-state index in [0.717, 1.165) is 16.7 Å². The van der Waals surface area contributed by atoms with Crippen molar-refractivity contribution in [1.82, 2.24) is 19.9 Å². The van der Waals surface area contributed by atoms with Crippen molar-refractivity contribution in [2.45, 2.75) is 70.0 Å². The first-order valence-corrected chi connectivity index (χ1v) is 14.5. The van der Waals surface area contributed by atoms with Gasteiger partial charge in [-0.3, -0.25) is 24.8 Å². The number of hydrogen-bond acceptors (Lipinski definition) is 8. The van der Waals surface area contributed by atoms with Crippen molar-refractivity contribution < 1.29 is 37.2 Å². The van der Waals surface area contributed by atoms with Crippen LogP contribution in [0.25, 0.3) is 0 Å². The van der Waals surface area contributed by atoms with Gasteiger partial charge in [0.05, 0.1) is 6.20 Å². The molecule has 3 heterocycles. The van der Waals surface area contributed by atoms with Crippen molar-refractivity contribution in [3.63, 3.8) is 0 Å². The van der Waals surface area contributed by atoms with Crippen molar-refractivity contribution in [3.8, 4) is 11.5 Å². The lowest BCUT2D eigenvalue weighted by molar-refractivity contribution is -0.146. The summed E-state index contributed by atoms with van der Waals surface area (Å²) in [5.41, 5.74) is 0.568. The number of ether oxygens (including phenoxy) is 2. The molecule has 0 bridgehead atoms. The lowest BCUT2D eigenvalue weighted by Crippen LogP contribution is -2.62. The monoisotopic (exact) mass is 592 g/mol. The first-order chi connectivity index (χ1) is 19.3. The van der Waals surface area contributed by atoms with Crippen LogP contribution in [0.3, 0.4) is 0 Å². The van der Waals surface area contributed by atoms with Crippen LogP contribution in [-0.2, 0) is 25.7 Å². The molecule has 0 spiro atoms. The van der Waals surface area contributed by atoms with Gasteiger partial charge in [0.25, 0.3) is 0 Å². The molecule has 4 amide bonds. The summed E-state index contributed by atoms with van der Waals surface area (Å²) in [6.45, 7) is 7.48. The zero-order chi connectivity index (χ0) is 29.9. The van der Waals surface area contributed by atoms with Crippen LogP contribution in [0, 0.1) is 18.7 Å². The molecule has 2 saturated heterocycles. The molecular formula is C28H34F2N4O6S. The van der Waals surface area contributed by atoms with E-state index in [2.05, 4.69) is 15.0 Å². The molecule has 2 aliphatic rings.